The minimum atomic E-state index is 0.442. The highest BCUT2D eigenvalue weighted by molar-refractivity contribution is 5.22. The summed E-state index contributed by atoms with van der Waals surface area (Å²) in [5.41, 5.74) is 5.79. The van der Waals surface area contributed by atoms with Crippen LogP contribution in [0.2, 0.25) is 0 Å². The van der Waals surface area contributed by atoms with Gasteiger partial charge >= 0.3 is 0 Å². The van der Waals surface area contributed by atoms with Crippen LogP contribution < -0.4 is 11.3 Å². The zero-order valence-corrected chi connectivity index (χ0v) is 13.5. The van der Waals surface area contributed by atoms with E-state index in [1.54, 1.807) is 0 Å². The topological polar surface area (TPSA) is 38.0 Å². The van der Waals surface area contributed by atoms with Gasteiger partial charge in [0.25, 0.3) is 0 Å². The Morgan fingerprint density at radius 2 is 2.00 bits per heavy atom. The molecule has 0 aliphatic heterocycles. The fourth-order valence-electron chi connectivity index (χ4n) is 2.86. The fourth-order valence-corrected chi connectivity index (χ4v) is 2.86. The number of unbranched alkanes of at least 4 members (excludes halogenated alkanes) is 1. The first-order valence-corrected chi connectivity index (χ1v) is 8.21. The Morgan fingerprint density at radius 3 is 2.60 bits per heavy atom. The first-order valence-electron chi connectivity index (χ1n) is 8.21. The van der Waals surface area contributed by atoms with Gasteiger partial charge in [-0.15, -0.1) is 0 Å². The Bertz CT molecular complexity index is 362. The van der Waals surface area contributed by atoms with Crippen molar-refractivity contribution in [2.75, 3.05) is 0 Å². The molecule has 2 unspecified atom stereocenters. The van der Waals surface area contributed by atoms with E-state index in [0.29, 0.717) is 6.04 Å². The van der Waals surface area contributed by atoms with E-state index in [2.05, 4.69) is 50.5 Å². The summed E-state index contributed by atoms with van der Waals surface area (Å²) in [6, 6.07) is 9.24. The number of hydrogen-bond donors (Lipinski definition) is 2. The van der Waals surface area contributed by atoms with E-state index in [0.717, 1.165) is 18.8 Å². The molecule has 0 aliphatic rings. The van der Waals surface area contributed by atoms with Crippen LogP contribution in [0.3, 0.4) is 0 Å². The number of rotatable bonds is 10. The molecule has 0 aromatic heterocycles. The summed E-state index contributed by atoms with van der Waals surface area (Å²) < 4.78 is 0. The average Bonchev–Trinajstić information content (AvgIpc) is 2.47. The van der Waals surface area contributed by atoms with E-state index in [9.17, 15) is 0 Å². The lowest BCUT2D eigenvalue weighted by Crippen LogP contribution is -2.37. The second-order valence-corrected chi connectivity index (χ2v) is 6.04. The highest BCUT2D eigenvalue weighted by Gasteiger charge is 2.14. The molecule has 0 bridgehead atoms. The van der Waals surface area contributed by atoms with Gasteiger partial charge in [-0.25, -0.2) is 0 Å². The maximum atomic E-state index is 5.75. The summed E-state index contributed by atoms with van der Waals surface area (Å²) in [5, 5.41) is 0. The van der Waals surface area contributed by atoms with Gasteiger partial charge in [0.2, 0.25) is 0 Å². The SMILES string of the molecule is CCCCC(CC)CC(CCc1cccc(C)c1)NN. The van der Waals surface area contributed by atoms with Crippen molar-refractivity contribution in [1.82, 2.24) is 5.43 Å². The number of nitrogens with two attached hydrogens (primary N) is 1. The van der Waals surface area contributed by atoms with Gasteiger partial charge in [0, 0.05) is 6.04 Å². The molecule has 20 heavy (non-hydrogen) atoms. The van der Waals surface area contributed by atoms with E-state index in [1.165, 1.54) is 43.2 Å². The van der Waals surface area contributed by atoms with E-state index in [4.69, 9.17) is 5.84 Å². The Morgan fingerprint density at radius 1 is 1.20 bits per heavy atom. The molecule has 114 valence electrons. The molecule has 2 atom stereocenters. The van der Waals surface area contributed by atoms with Gasteiger partial charge in [0.1, 0.15) is 0 Å². The Hall–Kier alpha value is -0.860. The number of hydrogen-bond acceptors (Lipinski definition) is 2. The summed E-state index contributed by atoms with van der Waals surface area (Å²) in [6.45, 7) is 6.72. The largest absolute Gasteiger partial charge is 0.271 e. The second kappa shape index (κ2) is 9.95. The van der Waals surface area contributed by atoms with E-state index < -0.39 is 0 Å². The average molecular weight is 276 g/mol. The summed E-state index contributed by atoms with van der Waals surface area (Å²) >= 11 is 0. The van der Waals surface area contributed by atoms with Crippen LogP contribution in [0.1, 0.15) is 63.5 Å². The zero-order chi connectivity index (χ0) is 14.8. The lowest BCUT2D eigenvalue weighted by Gasteiger charge is -2.22. The lowest BCUT2D eigenvalue weighted by atomic mass is 9.90. The van der Waals surface area contributed by atoms with Crippen LogP contribution in [-0.2, 0) is 6.42 Å². The first-order chi connectivity index (χ1) is 9.69. The minimum absolute atomic E-state index is 0.442. The highest BCUT2D eigenvalue weighted by atomic mass is 15.2. The highest BCUT2D eigenvalue weighted by Crippen LogP contribution is 2.20. The van der Waals surface area contributed by atoms with Crippen molar-refractivity contribution in [2.45, 2.75) is 71.8 Å². The molecule has 2 nitrogen and oxygen atoms in total. The fraction of sp³-hybridized carbons (Fsp3) is 0.667. The van der Waals surface area contributed by atoms with E-state index in [1.807, 2.05) is 0 Å². The Kier molecular flexibility index (Phi) is 8.56. The van der Waals surface area contributed by atoms with Gasteiger partial charge in [-0.2, -0.15) is 0 Å². The summed E-state index contributed by atoms with van der Waals surface area (Å²) in [5.74, 6) is 6.56. The van der Waals surface area contributed by atoms with Crippen molar-refractivity contribution in [3.8, 4) is 0 Å². The number of aryl methyl sites for hydroxylation is 2. The van der Waals surface area contributed by atoms with E-state index >= 15 is 0 Å². The van der Waals surface area contributed by atoms with Gasteiger partial charge in [0.15, 0.2) is 0 Å². The molecule has 0 fully saturated rings. The number of benzene rings is 1. The summed E-state index contributed by atoms with van der Waals surface area (Å²) in [7, 11) is 0. The van der Waals surface area contributed by atoms with Gasteiger partial charge in [0.05, 0.1) is 0 Å². The maximum absolute atomic E-state index is 5.75. The van der Waals surface area contributed by atoms with Crippen molar-refractivity contribution in [3.63, 3.8) is 0 Å². The van der Waals surface area contributed by atoms with Gasteiger partial charge < -0.3 is 0 Å². The molecule has 1 rings (SSSR count). The molecule has 0 spiro atoms. The zero-order valence-electron chi connectivity index (χ0n) is 13.5. The standard InChI is InChI=1S/C18H32N2/c1-4-6-9-16(5-2)14-18(20-19)12-11-17-10-7-8-15(3)13-17/h7-8,10,13,16,18,20H,4-6,9,11-12,14,19H2,1-3H3. The third-order valence-electron chi connectivity index (χ3n) is 4.26. The van der Waals surface area contributed by atoms with Crippen LogP contribution in [0.5, 0.6) is 0 Å². The molecule has 0 heterocycles. The summed E-state index contributed by atoms with van der Waals surface area (Å²) in [6.07, 6.45) is 8.69. The maximum Gasteiger partial charge on any atom is 0.0216 e. The molecule has 0 saturated heterocycles. The van der Waals surface area contributed by atoms with E-state index in [-0.39, 0.29) is 0 Å². The van der Waals surface area contributed by atoms with Crippen molar-refractivity contribution < 1.29 is 0 Å². The molecule has 0 aliphatic carbocycles. The smallest absolute Gasteiger partial charge is 0.0216 e. The van der Waals surface area contributed by atoms with Gasteiger partial charge in [-0.1, -0.05) is 69.4 Å². The van der Waals surface area contributed by atoms with Crippen LogP contribution in [0.15, 0.2) is 24.3 Å². The third kappa shape index (κ3) is 6.53. The molecule has 0 radical (unpaired) electrons. The minimum Gasteiger partial charge on any atom is -0.271 e. The normalized spacial score (nSPS) is 14.2. The van der Waals surface area contributed by atoms with Crippen LogP contribution in [-0.4, -0.2) is 6.04 Å². The second-order valence-electron chi connectivity index (χ2n) is 6.04. The number of nitrogens with one attached hydrogen (secondary N) is 1. The molecule has 0 amide bonds. The summed E-state index contributed by atoms with van der Waals surface area (Å²) in [4.78, 5) is 0. The van der Waals surface area contributed by atoms with Crippen molar-refractivity contribution in [1.29, 1.82) is 0 Å². The molecule has 1 aromatic rings. The van der Waals surface area contributed by atoms with Crippen LogP contribution >= 0.6 is 0 Å². The monoisotopic (exact) mass is 276 g/mol. The Balaban J connectivity index is 2.41. The quantitative estimate of drug-likeness (QED) is 0.492. The van der Waals surface area contributed by atoms with Crippen LogP contribution in [0, 0.1) is 12.8 Å². The molecule has 1 aromatic carbocycles. The van der Waals surface area contributed by atoms with Crippen LogP contribution in [0.4, 0.5) is 0 Å². The molecule has 3 N–H and O–H groups in total. The lowest BCUT2D eigenvalue weighted by molar-refractivity contribution is 0.340. The van der Waals surface area contributed by atoms with Crippen molar-refractivity contribution in [3.05, 3.63) is 35.4 Å². The molecular weight excluding hydrogens is 244 g/mol. The molecule has 0 saturated carbocycles. The van der Waals surface area contributed by atoms with Gasteiger partial charge in [-0.3, -0.25) is 11.3 Å². The van der Waals surface area contributed by atoms with Gasteiger partial charge in [-0.05, 0) is 37.7 Å². The predicted octanol–water partition coefficient (Wildman–Crippen LogP) is 4.37. The Labute approximate surface area is 125 Å². The third-order valence-corrected chi connectivity index (χ3v) is 4.26. The number of hydrazine groups is 1. The van der Waals surface area contributed by atoms with Crippen molar-refractivity contribution in [2.24, 2.45) is 11.8 Å². The predicted molar refractivity (Wildman–Crippen MR) is 88.5 cm³/mol. The van der Waals surface area contributed by atoms with Crippen LogP contribution in [0.25, 0.3) is 0 Å². The van der Waals surface area contributed by atoms with Crippen molar-refractivity contribution >= 4 is 0 Å². The molecular formula is C18H32N2. The molecule has 2 heteroatoms. The first kappa shape index (κ1) is 17.2.